The second kappa shape index (κ2) is 8.91. The van der Waals surface area contributed by atoms with Gasteiger partial charge in [-0.1, -0.05) is 12.1 Å². The highest BCUT2D eigenvalue weighted by atomic mass is 16.5. The maximum atomic E-state index is 12.6. The first-order valence-electron chi connectivity index (χ1n) is 9.74. The van der Waals surface area contributed by atoms with Gasteiger partial charge in [0.05, 0.1) is 23.9 Å². The Bertz CT molecular complexity index is 861. The largest absolute Gasteiger partial charge is 0.491 e. The number of nitrogens with zero attached hydrogens (tertiary/aromatic N) is 3. The molecule has 7 heteroatoms. The summed E-state index contributed by atoms with van der Waals surface area (Å²) in [4.78, 5) is 26.5. The number of benzene rings is 1. The van der Waals surface area contributed by atoms with Crippen molar-refractivity contribution >= 4 is 11.6 Å². The fourth-order valence-corrected chi connectivity index (χ4v) is 3.35. The van der Waals surface area contributed by atoms with Crippen LogP contribution in [0.5, 0.6) is 5.75 Å². The molecule has 1 N–H and O–H groups in total. The zero-order valence-corrected chi connectivity index (χ0v) is 16.7. The molecule has 0 spiro atoms. The molecule has 1 aromatic carbocycles. The third-order valence-corrected chi connectivity index (χ3v) is 4.87. The minimum Gasteiger partial charge on any atom is -0.491 e. The summed E-state index contributed by atoms with van der Waals surface area (Å²) in [7, 11) is 1.63. The zero-order chi connectivity index (χ0) is 20.1. The molecule has 1 fully saturated rings. The summed E-state index contributed by atoms with van der Waals surface area (Å²) < 4.78 is 6.94. The van der Waals surface area contributed by atoms with Gasteiger partial charge in [0.25, 0.3) is 5.56 Å². The van der Waals surface area contributed by atoms with Crippen molar-refractivity contribution in [2.45, 2.75) is 39.3 Å². The van der Waals surface area contributed by atoms with Crippen LogP contribution in [-0.2, 0) is 18.4 Å². The summed E-state index contributed by atoms with van der Waals surface area (Å²) in [5, 5.41) is 7.11. The number of piperidine rings is 1. The van der Waals surface area contributed by atoms with E-state index in [1.807, 2.05) is 38.1 Å². The van der Waals surface area contributed by atoms with E-state index < -0.39 is 0 Å². The average molecular weight is 384 g/mol. The Morgan fingerprint density at radius 2 is 2.07 bits per heavy atom. The lowest BCUT2D eigenvalue weighted by Crippen LogP contribution is -2.43. The SMILES string of the molecule is CC(C)Oc1ccc(CNC(=O)[C@H]2CCCN(c3cnn(C)c(=O)c3)C2)cc1. The second-order valence-corrected chi connectivity index (χ2v) is 7.49. The number of carbonyl (C=O) groups excluding carboxylic acids is 1. The molecule has 1 atom stereocenters. The number of aryl methyl sites for hydroxylation is 1. The predicted octanol–water partition coefficient (Wildman–Crippen LogP) is 2.10. The molecule has 0 unspecified atom stereocenters. The van der Waals surface area contributed by atoms with Crippen LogP contribution in [0.15, 0.2) is 41.3 Å². The van der Waals surface area contributed by atoms with E-state index in [4.69, 9.17) is 4.74 Å². The second-order valence-electron chi connectivity index (χ2n) is 7.49. The van der Waals surface area contributed by atoms with Crippen LogP contribution in [0.3, 0.4) is 0 Å². The van der Waals surface area contributed by atoms with Gasteiger partial charge in [-0.05, 0) is 44.4 Å². The Hall–Kier alpha value is -2.83. The molecular formula is C21H28N4O3. The van der Waals surface area contributed by atoms with Crippen LogP contribution in [0.2, 0.25) is 0 Å². The molecule has 2 aromatic rings. The molecule has 1 aromatic heterocycles. The van der Waals surface area contributed by atoms with Gasteiger partial charge in [-0.2, -0.15) is 5.10 Å². The van der Waals surface area contributed by atoms with E-state index in [9.17, 15) is 9.59 Å². The molecule has 0 saturated carbocycles. The van der Waals surface area contributed by atoms with Crippen LogP contribution in [0, 0.1) is 5.92 Å². The fourth-order valence-electron chi connectivity index (χ4n) is 3.35. The first-order chi connectivity index (χ1) is 13.4. The van der Waals surface area contributed by atoms with Gasteiger partial charge in [0.2, 0.25) is 5.91 Å². The van der Waals surface area contributed by atoms with Crippen molar-refractivity contribution in [1.82, 2.24) is 15.1 Å². The van der Waals surface area contributed by atoms with Crippen molar-refractivity contribution in [3.63, 3.8) is 0 Å². The Morgan fingerprint density at radius 3 is 2.75 bits per heavy atom. The van der Waals surface area contributed by atoms with Crippen LogP contribution in [-0.4, -0.2) is 34.9 Å². The van der Waals surface area contributed by atoms with Gasteiger partial charge in [0.1, 0.15) is 5.75 Å². The van der Waals surface area contributed by atoms with Crippen molar-refractivity contribution < 1.29 is 9.53 Å². The average Bonchev–Trinajstić information content (AvgIpc) is 2.69. The van der Waals surface area contributed by atoms with Gasteiger partial charge in [-0.25, -0.2) is 4.68 Å². The smallest absolute Gasteiger partial charge is 0.268 e. The summed E-state index contributed by atoms with van der Waals surface area (Å²) in [5.41, 5.74) is 1.67. The molecule has 1 aliphatic rings. The zero-order valence-electron chi connectivity index (χ0n) is 16.7. The minimum atomic E-state index is -0.144. The summed E-state index contributed by atoms with van der Waals surface area (Å²) in [6.45, 7) is 5.90. The van der Waals surface area contributed by atoms with Gasteiger partial charge in [0, 0.05) is 32.7 Å². The van der Waals surface area contributed by atoms with Gasteiger partial charge in [-0.15, -0.1) is 0 Å². The van der Waals surface area contributed by atoms with E-state index in [2.05, 4.69) is 15.3 Å². The number of aromatic nitrogens is 2. The molecule has 1 amide bonds. The lowest BCUT2D eigenvalue weighted by molar-refractivity contribution is -0.125. The van der Waals surface area contributed by atoms with Crippen molar-refractivity contribution in [3.8, 4) is 5.75 Å². The highest BCUT2D eigenvalue weighted by molar-refractivity contribution is 5.79. The van der Waals surface area contributed by atoms with Crippen LogP contribution >= 0.6 is 0 Å². The summed E-state index contributed by atoms with van der Waals surface area (Å²) in [6, 6.07) is 9.36. The first-order valence-corrected chi connectivity index (χ1v) is 9.74. The molecular weight excluding hydrogens is 356 g/mol. The summed E-state index contributed by atoms with van der Waals surface area (Å²) in [5.74, 6) is 0.779. The molecule has 7 nitrogen and oxygen atoms in total. The summed E-state index contributed by atoms with van der Waals surface area (Å²) >= 11 is 0. The molecule has 150 valence electrons. The van der Waals surface area contributed by atoms with Crippen LogP contribution in [0.4, 0.5) is 5.69 Å². The predicted molar refractivity (Wildman–Crippen MR) is 108 cm³/mol. The van der Waals surface area contributed by atoms with E-state index in [0.29, 0.717) is 13.1 Å². The quantitative estimate of drug-likeness (QED) is 0.825. The highest BCUT2D eigenvalue weighted by Crippen LogP contribution is 2.22. The Labute approximate surface area is 165 Å². The van der Waals surface area contributed by atoms with Crippen molar-refractivity contribution in [2.75, 3.05) is 18.0 Å². The maximum absolute atomic E-state index is 12.6. The summed E-state index contributed by atoms with van der Waals surface area (Å²) in [6.07, 6.45) is 3.58. The standard InChI is InChI=1S/C21H28N4O3/c1-15(2)28-19-8-6-16(7-9-19)12-22-21(27)17-5-4-10-25(14-17)18-11-20(26)24(3)23-13-18/h6-9,11,13,15,17H,4-5,10,12,14H2,1-3H3,(H,22,27)/t17-/m0/s1. The van der Waals surface area contributed by atoms with Gasteiger partial charge < -0.3 is 15.0 Å². The fraction of sp³-hybridized carbons (Fsp3) is 0.476. The number of hydrogen-bond donors (Lipinski definition) is 1. The molecule has 0 radical (unpaired) electrons. The number of carbonyl (C=O) groups is 1. The lowest BCUT2D eigenvalue weighted by Gasteiger charge is -2.33. The Morgan fingerprint density at radius 1 is 1.32 bits per heavy atom. The van der Waals surface area contributed by atoms with E-state index in [1.165, 1.54) is 4.68 Å². The first kappa shape index (κ1) is 19.9. The van der Waals surface area contributed by atoms with E-state index in [-0.39, 0.29) is 23.5 Å². The van der Waals surface area contributed by atoms with Gasteiger partial charge in [0.15, 0.2) is 0 Å². The Kier molecular flexibility index (Phi) is 6.34. The van der Waals surface area contributed by atoms with E-state index in [0.717, 1.165) is 36.4 Å². The minimum absolute atomic E-state index is 0.0454. The third kappa shape index (κ3) is 5.12. The third-order valence-electron chi connectivity index (χ3n) is 4.87. The van der Waals surface area contributed by atoms with E-state index in [1.54, 1.807) is 19.3 Å². The molecule has 1 aliphatic heterocycles. The van der Waals surface area contributed by atoms with Crippen molar-refractivity contribution in [1.29, 1.82) is 0 Å². The molecule has 2 heterocycles. The molecule has 1 saturated heterocycles. The molecule has 28 heavy (non-hydrogen) atoms. The number of rotatable bonds is 6. The topological polar surface area (TPSA) is 76.5 Å². The number of ether oxygens (including phenoxy) is 1. The van der Waals surface area contributed by atoms with E-state index >= 15 is 0 Å². The highest BCUT2D eigenvalue weighted by Gasteiger charge is 2.26. The van der Waals surface area contributed by atoms with Crippen LogP contribution in [0.1, 0.15) is 32.3 Å². The molecule has 0 aliphatic carbocycles. The van der Waals surface area contributed by atoms with Crippen LogP contribution in [0.25, 0.3) is 0 Å². The normalized spacial score (nSPS) is 16.9. The molecule has 3 rings (SSSR count). The van der Waals surface area contributed by atoms with Crippen molar-refractivity contribution in [3.05, 3.63) is 52.4 Å². The maximum Gasteiger partial charge on any atom is 0.268 e. The van der Waals surface area contributed by atoms with Gasteiger partial charge >= 0.3 is 0 Å². The van der Waals surface area contributed by atoms with Gasteiger partial charge in [-0.3, -0.25) is 9.59 Å². The number of anilines is 1. The lowest BCUT2D eigenvalue weighted by atomic mass is 9.96. The number of hydrogen-bond acceptors (Lipinski definition) is 5. The number of amides is 1. The van der Waals surface area contributed by atoms with Crippen molar-refractivity contribution in [2.24, 2.45) is 13.0 Å². The Balaban J connectivity index is 1.55. The number of nitrogens with one attached hydrogen (secondary N) is 1. The monoisotopic (exact) mass is 384 g/mol. The van der Waals surface area contributed by atoms with Crippen LogP contribution < -0.4 is 20.5 Å². The molecule has 0 bridgehead atoms.